The molecule has 0 atom stereocenters. The van der Waals surface area contributed by atoms with Crippen LogP contribution in [0.15, 0.2) is 54.6 Å². The van der Waals surface area contributed by atoms with E-state index in [-0.39, 0.29) is 23.7 Å². The van der Waals surface area contributed by atoms with Crippen LogP contribution >= 0.6 is 0 Å². The molecular weight excluding hydrogens is 356 g/mol. The summed E-state index contributed by atoms with van der Waals surface area (Å²) < 4.78 is 4.70. The smallest absolute Gasteiger partial charge is 0.337 e. The maximum atomic E-state index is 12.6. The molecule has 2 amide bonds. The van der Waals surface area contributed by atoms with Crippen LogP contribution in [0.2, 0.25) is 0 Å². The van der Waals surface area contributed by atoms with Crippen molar-refractivity contribution < 1.29 is 19.1 Å². The molecule has 0 bridgehead atoms. The van der Waals surface area contributed by atoms with E-state index in [1.165, 1.54) is 7.11 Å². The number of anilines is 2. The molecule has 6 nitrogen and oxygen atoms in total. The maximum absolute atomic E-state index is 12.6. The lowest BCUT2D eigenvalue weighted by Crippen LogP contribution is -2.32. The summed E-state index contributed by atoms with van der Waals surface area (Å²) in [6.07, 6.45) is 2.68. The molecule has 6 heteroatoms. The van der Waals surface area contributed by atoms with Crippen molar-refractivity contribution in [2.24, 2.45) is 11.8 Å². The van der Waals surface area contributed by atoms with Gasteiger partial charge in [-0.25, -0.2) is 4.79 Å². The van der Waals surface area contributed by atoms with Crippen molar-refractivity contribution in [3.63, 3.8) is 0 Å². The number of ether oxygens (including phenoxy) is 1. The van der Waals surface area contributed by atoms with E-state index in [0.717, 1.165) is 5.69 Å². The van der Waals surface area contributed by atoms with Gasteiger partial charge in [0.05, 0.1) is 12.7 Å². The van der Waals surface area contributed by atoms with Crippen molar-refractivity contribution in [3.05, 3.63) is 60.2 Å². The normalized spacial score (nSPS) is 18.8. The van der Waals surface area contributed by atoms with Gasteiger partial charge in [-0.3, -0.25) is 9.59 Å². The van der Waals surface area contributed by atoms with Crippen molar-refractivity contribution in [1.82, 2.24) is 0 Å². The highest BCUT2D eigenvalue weighted by Gasteiger charge is 2.30. The van der Waals surface area contributed by atoms with Crippen LogP contribution in [0.1, 0.15) is 36.0 Å². The Morgan fingerprint density at radius 1 is 0.786 bits per heavy atom. The number of nitrogens with one attached hydrogen (secondary N) is 2. The van der Waals surface area contributed by atoms with Crippen molar-refractivity contribution in [1.29, 1.82) is 0 Å². The minimum absolute atomic E-state index is 0.0100. The van der Waals surface area contributed by atoms with E-state index in [0.29, 0.717) is 36.9 Å². The van der Waals surface area contributed by atoms with Crippen LogP contribution in [0.25, 0.3) is 0 Å². The van der Waals surface area contributed by atoms with Crippen LogP contribution in [0.4, 0.5) is 11.4 Å². The monoisotopic (exact) mass is 380 g/mol. The molecule has 1 aliphatic rings. The van der Waals surface area contributed by atoms with Crippen molar-refractivity contribution in [2.75, 3.05) is 17.7 Å². The molecule has 0 heterocycles. The zero-order valence-corrected chi connectivity index (χ0v) is 15.8. The fraction of sp³-hybridized carbons (Fsp3) is 0.318. The Bertz CT molecular complexity index is 843. The lowest BCUT2D eigenvalue weighted by Gasteiger charge is -2.27. The van der Waals surface area contributed by atoms with Gasteiger partial charge in [-0.15, -0.1) is 0 Å². The van der Waals surface area contributed by atoms with Crippen LogP contribution in [-0.2, 0) is 14.3 Å². The average molecular weight is 380 g/mol. The topological polar surface area (TPSA) is 84.5 Å². The Morgan fingerprint density at radius 2 is 1.32 bits per heavy atom. The first-order valence-corrected chi connectivity index (χ1v) is 9.42. The molecule has 3 rings (SSSR count). The summed E-state index contributed by atoms with van der Waals surface area (Å²) in [5, 5.41) is 5.80. The van der Waals surface area contributed by atoms with E-state index in [1.54, 1.807) is 24.3 Å². The number of esters is 1. The Balaban J connectivity index is 1.51. The summed E-state index contributed by atoms with van der Waals surface area (Å²) in [4.78, 5) is 36.6. The number of amides is 2. The number of rotatable bonds is 5. The lowest BCUT2D eigenvalue weighted by atomic mass is 9.81. The Kier molecular flexibility index (Phi) is 6.42. The van der Waals surface area contributed by atoms with Crippen molar-refractivity contribution in [2.45, 2.75) is 25.7 Å². The molecule has 2 aromatic rings. The first-order chi connectivity index (χ1) is 13.6. The number of para-hydroxylation sites is 1. The molecule has 0 saturated heterocycles. The van der Waals surface area contributed by atoms with Crippen molar-refractivity contribution in [3.8, 4) is 0 Å². The summed E-state index contributed by atoms with van der Waals surface area (Å²) >= 11 is 0. The highest BCUT2D eigenvalue weighted by atomic mass is 16.5. The van der Waals surface area contributed by atoms with E-state index in [9.17, 15) is 14.4 Å². The first kappa shape index (κ1) is 19.6. The second-order valence-electron chi connectivity index (χ2n) is 6.97. The fourth-order valence-corrected chi connectivity index (χ4v) is 3.47. The van der Waals surface area contributed by atoms with Gasteiger partial charge in [0.15, 0.2) is 0 Å². The Morgan fingerprint density at radius 3 is 1.89 bits per heavy atom. The number of methoxy groups -OCH3 is 1. The fourth-order valence-electron chi connectivity index (χ4n) is 3.47. The Labute approximate surface area is 164 Å². The zero-order chi connectivity index (χ0) is 19.9. The summed E-state index contributed by atoms with van der Waals surface area (Å²) in [5.74, 6) is -0.727. The number of hydrogen-bond acceptors (Lipinski definition) is 4. The molecule has 0 radical (unpaired) electrons. The molecule has 0 unspecified atom stereocenters. The molecule has 28 heavy (non-hydrogen) atoms. The third kappa shape index (κ3) is 4.97. The van der Waals surface area contributed by atoms with Gasteiger partial charge >= 0.3 is 5.97 Å². The van der Waals surface area contributed by atoms with Crippen LogP contribution in [-0.4, -0.2) is 24.9 Å². The molecule has 1 saturated carbocycles. The molecule has 1 fully saturated rings. The van der Waals surface area contributed by atoms with Gasteiger partial charge in [-0.1, -0.05) is 24.3 Å². The highest BCUT2D eigenvalue weighted by molar-refractivity contribution is 5.96. The standard InChI is InChI=1S/C22H24N2O4/c1-28-22(27)17-6-5-9-19(14-17)24-21(26)16-12-10-15(11-13-16)20(25)23-18-7-3-2-4-8-18/h2-9,14-16H,10-13H2,1H3,(H,23,25)(H,24,26). The van der Waals surface area contributed by atoms with Gasteiger partial charge in [0.1, 0.15) is 0 Å². The minimum atomic E-state index is -0.443. The van der Waals surface area contributed by atoms with Crippen LogP contribution in [0.5, 0.6) is 0 Å². The molecule has 0 spiro atoms. The van der Waals surface area contributed by atoms with E-state index < -0.39 is 5.97 Å². The van der Waals surface area contributed by atoms with E-state index >= 15 is 0 Å². The third-order valence-corrected chi connectivity index (χ3v) is 5.06. The molecule has 2 aromatic carbocycles. The minimum Gasteiger partial charge on any atom is -0.465 e. The van der Waals surface area contributed by atoms with E-state index in [4.69, 9.17) is 4.74 Å². The summed E-state index contributed by atoms with van der Waals surface area (Å²) in [6, 6.07) is 16.1. The second kappa shape index (κ2) is 9.17. The largest absolute Gasteiger partial charge is 0.465 e. The SMILES string of the molecule is COC(=O)c1cccc(NC(=O)C2CCC(C(=O)Nc3ccccc3)CC2)c1. The van der Waals surface area contributed by atoms with Gasteiger partial charge in [-0.05, 0) is 56.0 Å². The lowest BCUT2D eigenvalue weighted by molar-refractivity contribution is -0.125. The number of carbonyl (C=O) groups excluding carboxylic acids is 3. The molecule has 0 aliphatic heterocycles. The van der Waals surface area contributed by atoms with Gasteiger partial charge in [0, 0.05) is 23.2 Å². The Hall–Kier alpha value is -3.15. The third-order valence-electron chi connectivity index (χ3n) is 5.06. The quantitative estimate of drug-likeness (QED) is 0.772. The summed E-state index contributed by atoms with van der Waals surface area (Å²) in [6.45, 7) is 0. The molecular formula is C22H24N2O4. The van der Waals surface area contributed by atoms with Crippen molar-refractivity contribution >= 4 is 29.2 Å². The second-order valence-corrected chi connectivity index (χ2v) is 6.97. The molecule has 1 aliphatic carbocycles. The van der Waals surface area contributed by atoms with E-state index in [1.807, 2.05) is 30.3 Å². The van der Waals surface area contributed by atoms with Gasteiger partial charge in [-0.2, -0.15) is 0 Å². The van der Waals surface area contributed by atoms with E-state index in [2.05, 4.69) is 10.6 Å². The van der Waals surface area contributed by atoms with Gasteiger partial charge < -0.3 is 15.4 Å². The highest BCUT2D eigenvalue weighted by Crippen LogP contribution is 2.30. The summed E-state index contributed by atoms with van der Waals surface area (Å²) in [5.41, 5.74) is 1.75. The zero-order valence-electron chi connectivity index (χ0n) is 15.8. The number of benzene rings is 2. The van der Waals surface area contributed by atoms with Crippen LogP contribution in [0.3, 0.4) is 0 Å². The average Bonchev–Trinajstić information content (AvgIpc) is 2.74. The summed E-state index contributed by atoms with van der Waals surface area (Å²) in [7, 11) is 1.32. The van der Waals surface area contributed by atoms with Gasteiger partial charge in [0.25, 0.3) is 0 Å². The van der Waals surface area contributed by atoms with Crippen LogP contribution in [0, 0.1) is 11.8 Å². The first-order valence-electron chi connectivity index (χ1n) is 9.42. The molecule has 0 aromatic heterocycles. The number of carbonyl (C=O) groups is 3. The maximum Gasteiger partial charge on any atom is 0.337 e. The molecule has 146 valence electrons. The molecule has 2 N–H and O–H groups in total. The van der Waals surface area contributed by atoms with Crippen LogP contribution < -0.4 is 10.6 Å². The number of hydrogen-bond donors (Lipinski definition) is 2. The predicted molar refractivity (Wildman–Crippen MR) is 107 cm³/mol. The predicted octanol–water partition coefficient (Wildman–Crippen LogP) is 3.86. The van der Waals surface area contributed by atoms with Gasteiger partial charge in [0.2, 0.25) is 11.8 Å².